The molecule has 0 saturated carbocycles. The molecule has 0 aliphatic heterocycles. The van der Waals surface area contributed by atoms with Gasteiger partial charge >= 0.3 is 0 Å². The maximum absolute atomic E-state index is 13.4. The smallest absolute Gasteiger partial charge is 0.295 e. The van der Waals surface area contributed by atoms with Gasteiger partial charge in [-0.25, -0.2) is 32.2 Å². The number of pyridine rings is 1. The Morgan fingerprint density at radius 1 is 1.03 bits per heavy atom. The normalized spacial score (nSPS) is 13.3. The summed E-state index contributed by atoms with van der Waals surface area (Å²) < 4.78 is 52.2. The van der Waals surface area contributed by atoms with Crippen LogP contribution in [0, 0.1) is 0 Å². The van der Waals surface area contributed by atoms with Crippen LogP contribution < -0.4 is 14.9 Å². The van der Waals surface area contributed by atoms with Crippen LogP contribution in [0.2, 0.25) is 0 Å². The Morgan fingerprint density at radius 3 is 2.57 bits per heavy atom. The van der Waals surface area contributed by atoms with Crippen LogP contribution in [0.1, 0.15) is 30.1 Å². The lowest BCUT2D eigenvalue weighted by atomic mass is 10.2. The van der Waals surface area contributed by atoms with E-state index in [1.54, 1.807) is 36.5 Å². The molecule has 0 amide bonds. The van der Waals surface area contributed by atoms with Crippen molar-refractivity contribution in [3.8, 4) is 0 Å². The second-order valence-corrected chi connectivity index (χ2v) is 10.2. The van der Waals surface area contributed by atoms with Crippen molar-refractivity contribution < 1.29 is 17.2 Å². The lowest BCUT2D eigenvalue weighted by Crippen LogP contribution is -2.25. The topological polar surface area (TPSA) is 129 Å². The highest BCUT2D eigenvalue weighted by atomic mass is 32.2. The molecule has 13 heteroatoms. The molecule has 10 nitrogen and oxygen atoms in total. The number of hydrogen-bond acceptors (Lipinski definition) is 8. The fraction of sp³-hybridized carbons (Fsp3) is 0.273. The van der Waals surface area contributed by atoms with E-state index in [1.807, 2.05) is 0 Å². The maximum atomic E-state index is 13.4. The third-order valence-electron chi connectivity index (χ3n) is 5.70. The molecule has 0 saturated heterocycles. The molecule has 182 valence electrons. The molecule has 3 heterocycles. The van der Waals surface area contributed by atoms with Crippen molar-refractivity contribution in [3.63, 3.8) is 0 Å². The number of rotatable bonds is 7. The summed E-state index contributed by atoms with van der Waals surface area (Å²) in [4.78, 5) is 20.0. The largest absolute Gasteiger partial charge is 0.352 e. The van der Waals surface area contributed by atoms with Gasteiger partial charge in [-0.1, -0.05) is 12.1 Å². The molecule has 0 bridgehead atoms. The molecule has 35 heavy (non-hydrogen) atoms. The Kier molecular flexibility index (Phi) is 5.71. The summed E-state index contributed by atoms with van der Waals surface area (Å²) in [6.45, 7) is 0. The summed E-state index contributed by atoms with van der Waals surface area (Å²) >= 11 is 0. The number of hydrogen-bond donors (Lipinski definition) is 3. The standard InChI is InChI=1S/C22H22F2N8O2S/c1-32(35(2,33)34)16-9-4-3-6-14(16)26-15-10-17(29-21-19(15)30-22(31-21)20(23)24)28-18-11-25-12-7-5-8-13(12)27-18/h3-4,6,9-11,20H,5,7-8H2,1-2H3,(H3,26,27,28,29,30,31). The van der Waals surface area contributed by atoms with Gasteiger partial charge in [-0.15, -0.1) is 0 Å². The number of nitrogens with zero attached hydrogens (tertiary/aromatic N) is 5. The molecular formula is C22H22F2N8O2S. The van der Waals surface area contributed by atoms with Gasteiger partial charge in [0, 0.05) is 13.1 Å². The molecule has 1 aliphatic carbocycles. The predicted molar refractivity (Wildman–Crippen MR) is 129 cm³/mol. The number of halogens is 2. The second kappa shape index (κ2) is 8.73. The number of fused-ring (bicyclic) bond motifs is 2. The molecule has 5 rings (SSSR count). The van der Waals surface area contributed by atoms with Crippen LogP contribution in [0.3, 0.4) is 0 Å². The first-order chi connectivity index (χ1) is 16.7. The van der Waals surface area contributed by atoms with Gasteiger partial charge < -0.3 is 15.6 Å². The van der Waals surface area contributed by atoms with E-state index in [0.717, 1.165) is 41.2 Å². The zero-order chi connectivity index (χ0) is 24.7. The first-order valence-electron chi connectivity index (χ1n) is 10.8. The fourth-order valence-corrected chi connectivity index (χ4v) is 4.44. The van der Waals surface area contributed by atoms with Crippen molar-refractivity contribution in [2.75, 3.05) is 28.2 Å². The number of aryl methyl sites for hydroxylation is 2. The summed E-state index contributed by atoms with van der Waals surface area (Å²) in [5.41, 5.74) is 3.39. The lowest BCUT2D eigenvalue weighted by Gasteiger charge is -2.21. The summed E-state index contributed by atoms with van der Waals surface area (Å²) in [5.74, 6) is 0.284. The number of sulfonamides is 1. The average Bonchev–Trinajstić information content (AvgIpc) is 3.45. The van der Waals surface area contributed by atoms with Gasteiger partial charge in [0.05, 0.1) is 40.9 Å². The highest BCUT2D eigenvalue weighted by Gasteiger charge is 2.20. The number of aromatic nitrogens is 5. The van der Waals surface area contributed by atoms with Gasteiger partial charge in [-0.3, -0.25) is 9.29 Å². The minimum Gasteiger partial charge on any atom is -0.352 e. The van der Waals surface area contributed by atoms with Crippen LogP contribution in [0.25, 0.3) is 11.2 Å². The number of H-pyrrole nitrogens is 1. The Hall–Kier alpha value is -3.87. The van der Waals surface area contributed by atoms with Crippen LogP contribution in [0.4, 0.5) is 37.5 Å². The van der Waals surface area contributed by atoms with E-state index in [4.69, 9.17) is 0 Å². The molecule has 0 spiro atoms. The molecule has 1 aromatic carbocycles. The van der Waals surface area contributed by atoms with E-state index in [0.29, 0.717) is 28.7 Å². The number of anilines is 5. The zero-order valence-electron chi connectivity index (χ0n) is 18.9. The molecule has 4 aromatic rings. The van der Waals surface area contributed by atoms with Crippen LogP contribution in [0.5, 0.6) is 0 Å². The van der Waals surface area contributed by atoms with E-state index in [-0.39, 0.29) is 11.2 Å². The highest BCUT2D eigenvalue weighted by Crippen LogP contribution is 2.34. The number of imidazole rings is 1. The van der Waals surface area contributed by atoms with Gasteiger partial charge in [0.2, 0.25) is 10.0 Å². The van der Waals surface area contributed by atoms with E-state index in [9.17, 15) is 17.2 Å². The summed E-state index contributed by atoms with van der Waals surface area (Å²) in [5, 5.41) is 6.22. The van der Waals surface area contributed by atoms with Crippen molar-refractivity contribution in [2.45, 2.75) is 25.7 Å². The molecule has 0 atom stereocenters. The Labute approximate surface area is 199 Å². The number of benzene rings is 1. The van der Waals surface area contributed by atoms with Crippen LogP contribution in [0.15, 0.2) is 36.5 Å². The predicted octanol–water partition coefficient (Wildman–Crippen LogP) is 4.06. The van der Waals surface area contributed by atoms with Gasteiger partial charge in [0.25, 0.3) is 6.43 Å². The maximum Gasteiger partial charge on any atom is 0.295 e. The molecule has 3 aromatic heterocycles. The van der Waals surface area contributed by atoms with Crippen molar-refractivity contribution in [2.24, 2.45) is 0 Å². The van der Waals surface area contributed by atoms with Gasteiger partial charge in [-0.2, -0.15) is 0 Å². The van der Waals surface area contributed by atoms with E-state index in [1.165, 1.54) is 7.05 Å². The Balaban J connectivity index is 1.57. The summed E-state index contributed by atoms with van der Waals surface area (Å²) in [6.07, 6.45) is 2.63. The summed E-state index contributed by atoms with van der Waals surface area (Å²) in [7, 11) is -2.11. The number of nitrogens with one attached hydrogen (secondary N) is 3. The average molecular weight is 501 g/mol. The van der Waals surface area contributed by atoms with Gasteiger partial charge in [0.15, 0.2) is 11.5 Å². The van der Waals surface area contributed by atoms with Gasteiger partial charge in [0.1, 0.15) is 17.2 Å². The number of aromatic amines is 1. The molecule has 0 fully saturated rings. The SMILES string of the molecule is CN(c1ccccc1Nc1cc(Nc2cnc3c(n2)CCC3)nc2[nH]c(C(F)F)nc12)S(C)(=O)=O. The van der Waals surface area contributed by atoms with E-state index in [2.05, 4.69) is 35.6 Å². The number of para-hydroxylation sites is 2. The zero-order valence-corrected chi connectivity index (χ0v) is 19.7. The van der Waals surface area contributed by atoms with E-state index >= 15 is 0 Å². The van der Waals surface area contributed by atoms with Crippen molar-refractivity contribution in [3.05, 3.63) is 53.7 Å². The Bertz CT molecular complexity index is 1520. The third-order valence-corrected chi connectivity index (χ3v) is 6.89. The Morgan fingerprint density at radius 2 is 1.80 bits per heavy atom. The van der Waals surface area contributed by atoms with Gasteiger partial charge in [-0.05, 0) is 31.4 Å². The fourth-order valence-electron chi connectivity index (χ4n) is 3.92. The third kappa shape index (κ3) is 4.58. The number of alkyl halides is 2. The molecule has 0 radical (unpaired) electrons. The van der Waals surface area contributed by atoms with Crippen LogP contribution >= 0.6 is 0 Å². The highest BCUT2D eigenvalue weighted by molar-refractivity contribution is 7.92. The van der Waals surface area contributed by atoms with Crippen LogP contribution in [-0.4, -0.2) is 46.6 Å². The molecule has 0 unspecified atom stereocenters. The summed E-state index contributed by atoms with van der Waals surface area (Å²) in [6, 6.07) is 8.35. The lowest BCUT2D eigenvalue weighted by molar-refractivity contribution is 0.142. The molecule has 1 aliphatic rings. The van der Waals surface area contributed by atoms with Crippen molar-refractivity contribution >= 4 is 49.9 Å². The van der Waals surface area contributed by atoms with E-state index < -0.39 is 22.3 Å². The first kappa shape index (κ1) is 22.9. The van der Waals surface area contributed by atoms with Crippen LogP contribution in [-0.2, 0) is 22.9 Å². The minimum atomic E-state index is -3.54. The second-order valence-electron chi connectivity index (χ2n) is 8.17. The monoisotopic (exact) mass is 500 g/mol. The molecule has 3 N–H and O–H groups in total. The molecular weight excluding hydrogens is 478 g/mol. The minimum absolute atomic E-state index is 0.135. The van der Waals surface area contributed by atoms with Crippen molar-refractivity contribution in [1.29, 1.82) is 0 Å². The quantitative estimate of drug-likeness (QED) is 0.347. The van der Waals surface area contributed by atoms with Crippen molar-refractivity contribution in [1.82, 2.24) is 24.9 Å². The first-order valence-corrected chi connectivity index (χ1v) is 12.6.